The summed E-state index contributed by atoms with van der Waals surface area (Å²) in [6, 6.07) is -0.0145. The Morgan fingerprint density at radius 3 is 3.07 bits per heavy atom. The predicted octanol–water partition coefficient (Wildman–Crippen LogP) is 0.724. The third-order valence-electron chi connectivity index (χ3n) is 2.11. The van der Waals surface area contributed by atoms with Crippen LogP contribution in [0.1, 0.15) is 31.6 Å². The molecule has 80 valence electrons. The molecule has 0 aliphatic carbocycles. The number of hydrogen-bond donors (Lipinski definition) is 1. The molecule has 0 amide bonds. The lowest BCUT2D eigenvalue weighted by molar-refractivity contribution is 0.185. The highest BCUT2D eigenvalue weighted by Gasteiger charge is 2.11. The van der Waals surface area contributed by atoms with Gasteiger partial charge in [-0.25, -0.2) is 0 Å². The molecule has 0 aliphatic rings. The Kier molecular flexibility index (Phi) is 4.55. The van der Waals surface area contributed by atoms with Crippen LogP contribution in [0.4, 0.5) is 0 Å². The molecule has 2 N–H and O–H groups in total. The van der Waals surface area contributed by atoms with Gasteiger partial charge in [0.2, 0.25) is 0 Å². The fourth-order valence-electron chi connectivity index (χ4n) is 1.35. The minimum atomic E-state index is -0.0145. The highest BCUT2D eigenvalue weighted by molar-refractivity contribution is 4.93. The standard InChI is InChI=1S/C9H18N4O/c1-3-4-8(10)9-12-11-7-13(9)5-6-14-2/h7-8H,3-6,10H2,1-2H3/t8-/m1/s1. The average molecular weight is 198 g/mol. The first-order valence-electron chi connectivity index (χ1n) is 4.91. The van der Waals surface area contributed by atoms with E-state index >= 15 is 0 Å². The van der Waals surface area contributed by atoms with Crippen LogP contribution in [0.15, 0.2) is 6.33 Å². The van der Waals surface area contributed by atoms with Crippen LogP contribution in [0.25, 0.3) is 0 Å². The summed E-state index contributed by atoms with van der Waals surface area (Å²) < 4.78 is 6.94. The van der Waals surface area contributed by atoms with Crippen molar-refractivity contribution in [1.29, 1.82) is 0 Å². The topological polar surface area (TPSA) is 66.0 Å². The zero-order chi connectivity index (χ0) is 10.4. The van der Waals surface area contributed by atoms with Gasteiger partial charge in [0.1, 0.15) is 12.2 Å². The average Bonchev–Trinajstić information content (AvgIpc) is 2.63. The molecule has 0 saturated carbocycles. The second-order valence-corrected chi connectivity index (χ2v) is 3.27. The smallest absolute Gasteiger partial charge is 0.149 e. The third kappa shape index (κ3) is 2.78. The van der Waals surface area contributed by atoms with Crippen molar-refractivity contribution in [2.75, 3.05) is 13.7 Å². The molecule has 14 heavy (non-hydrogen) atoms. The fourth-order valence-corrected chi connectivity index (χ4v) is 1.35. The largest absolute Gasteiger partial charge is 0.383 e. The molecule has 1 aromatic heterocycles. The highest BCUT2D eigenvalue weighted by Crippen LogP contribution is 2.12. The second kappa shape index (κ2) is 5.72. The highest BCUT2D eigenvalue weighted by atomic mass is 16.5. The number of hydrogen-bond acceptors (Lipinski definition) is 4. The van der Waals surface area contributed by atoms with Crippen molar-refractivity contribution in [3.63, 3.8) is 0 Å². The van der Waals surface area contributed by atoms with Gasteiger partial charge < -0.3 is 15.0 Å². The normalized spacial score (nSPS) is 13.1. The van der Waals surface area contributed by atoms with Crippen LogP contribution in [-0.4, -0.2) is 28.5 Å². The zero-order valence-corrected chi connectivity index (χ0v) is 8.81. The van der Waals surface area contributed by atoms with Crippen LogP contribution >= 0.6 is 0 Å². The van der Waals surface area contributed by atoms with E-state index in [2.05, 4.69) is 17.1 Å². The van der Waals surface area contributed by atoms with Gasteiger partial charge in [0, 0.05) is 13.7 Å². The lowest BCUT2D eigenvalue weighted by Gasteiger charge is -2.11. The summed E-state index contributed by atoms with van der Waals surface area (Å²) in [5.74, 6) is 0.851. The molecule has 1 heterocycles. The van der Waals surface area contributed by atoms with Crippen LogP contribution in [0.5, 0.6) is 0 Å². The van der Waals surface area contributed by atoms with Gasteiger partial charge in [-0.2, -0.15) is 0 Å². The number of ether oxygens (including phenoxy) is 1. The molecule has 0 spiro atoms. The number of aromatic nitrogens is 3. The number of methoxy groups -OCH3 is 1. The summed E-state index contributed by atoms with van der Waals surface area (Å²) in [5, 5.41) is 7.88. The number of nitrogens with two attached hydrogens (primary N) is 1. The van der Waals surface area contributed by atoms with Crippen LogP contribution in [0, 0.1) is 0 Å². The van der Waals surface area contributed by atoms with Gasteiger partial charge in [0.05, 0.1) is 12.6 Å². The van der Waals surface area contributed by atoms with E-state index in [-0.39, 0.29) is 6.04 Å². The van der Waals surface area contributed by atoms with E-state index in [9.17, 15) is 0 Å². The van der Waals surface area contributed by atoms with Crippen molar-refractivity contribution in [2.24, 2.45) is 5.73 Å². The fraction of sp³-hybridized carbons (Fsp3) is 0.778. The Bertz CT molecular complexity index is 261. The van der Waals surface area contributed by atoms with Crippen LogP contribution in [0.3, 0.4) is 0 Å². The molecule has 5 nitrogen and oxygen atoms in total. The Morgan fingerprint density at radius 2 is 2.43 bits per heavy atom. The summed E-state index contributed by atoms with van der Waals surface area (Å²) in [5.41, 5.74) is 5.96. The Hall–Kier alpha value is -0.940. The van der Waals surface area contributed by atoms with E-state index in [1.165, 1.54) is 0 Å². The van der Waals surface area contributed by atoms with Crippen molar-refractivity contribution in [2.45, 2.75) is 32.4 Å². The van der Waals surface area contributed by atoms with E-state index < -0.39 is 0 Å². The Balaban J connectivity index is 2.61. The summed E-state index contributed by atoms with van der Waals surface area (Å²) in [6.45, 7) is 3.52. The maximum atomic E-state index is 5.96. The maximum Gasteiger partial charge on any atom is 0.149 e. The first-order valence-corrected chi connectivity index (χ1v) is 4.91. The second-order valence-electron chi connectivity index (χ2n) is 3.27. The van der Waals surface area contributed by atoms with Gasteiger partial charge >= 0.3 is 0 Å². The molecular weight excluding hydrogens is 180 g/mol. The van der Waals surface area contributed by atoms with E-state index in [1.54, 1.807) is 13.4 Å². The van der Waals surface area contributed by atoms with Gasteiger partial charge in [0.15, 0.2) is 0 Å². The molecule has 1 rings (SSSR count). The van der Waals surface area contributed by atoms with Crippen molar-refractivity contribution in [3.8, 4) is 0 Å². The zero-order valence-electron chi connectivity index (χ0n) is 8.81. The van der Waals surface area contributed by atoms with Crippen molar-refractivity contribution in [1.82, 2.24) is 14.8 Å². The van der Waals surface area contributed by atoms with Gasteiger partial charge in [-0.3, -0.25) is 0 Å². The Morgan fingerprint density at radius 1 is 1.64 bits per heavy atom. The van der Waals surface area contributed by atoms with Crippen LogP contribution in [-0.2, 0) is 11.3 Å². The van der Waals surface area contributed by atoms with Gasteiger partial charge in [-0.1, -0.05) is 13.3 Å². The lowest BCUT2D eigenvalue weighted by atomic mass is 10.2. The first kappa shape index (κ1) is 11.1. The predicted molar refractivity (Wildman–Crippen MR) is 53.7 cm³/mol. The summed E-state index contributed by atoms with van der Waals surface area (Å²) in [6.07, 6.45) is 3.69. The summed E-state index contributed by atoms with van der Waals surface area (Å²) >= 11 is 0. The van der Waals surface area contributed by atoms with E-state index in [0.717, 1.165) is 25.2 Å². The van der Waals surface area contributed by atoms with E-state index in [1.807, 2.05) is 4.57 Å². The monoisotopic (exact) mass is 198 g/mol. The van der Waals surface area contributed by atoms with Crippen molar-refractivity contribution < 1.29 is 4.74 Å². The Labute approximate surface area is 84.3 Å². The molecule has 0 saturated heterocycles. The molecule has 5 heteroatoms. The minimum Gasteiger partial charge on any atom is -0.383 e. The lowest BCUT2D eigenvalue weighted by Crippen LogP contribution is -2.17. The first-order chi connectivity index (χ1) is 6.79. The SMILES string of the molecule is CCC[C@@H](N)c1nncn1CCOC. The molecule has 1 atom stereocenters. The molecule has 0 fully saturated rings. The van der Waals surface area contributed by atoms with Crippen LogP contribution in [0.2, 0.25) is 0 Å². The van der Waals surface area contributed by atoms with Gasteiger partial charge in [0.25, 0.3) is 0 Å². The third-order valence-corrected chi connectivity index (χ3v) is 2.11. The molecule has 0 aliphatic heterocycles. The molecular formula is C9H18N4O. The molecule has 0 unspecified atom stereocenters. The van der Waals surface area contributed by atoms with E-state index in [4.69, 9.17) is 10.5 Å². The minimum absolute atomic E-state index is 0.0145. The number of nitrogens with zero attached hydrogens (tertiary/aromatic N) is 3. The maximum absolute atomic E-state index is 5.96. The molecule has 0 bridgehead atoms. The van der Waals surface area contributed by atoms with Crippen molar-refractivity contribution >= 4 is 0 Å². The summed E-state index contributed by atoms with van der Waals surface area (Å²) in [4.78, 5) is 0. The molecule has 0 radical (unpaired) electrons. The van der Waals surface area contributed by atoms with Gasteiger partial charge in [-0.05, 0) is 6.42 Å². The van der Waals surface area contributed by atoms with Crippen molar-refractivity contribution in [3.05, 3.63) is 12.2 Å². The number of rotatable bonds is 6. The summed E-state index contributed by atoms with van der Waals surface area (Å²) in [7, 11) is 1.68. The quantitative estimate of drug-likeness (QED) is 0.731. The molecule has 1 aromatic rings. The van der Waals surface area contributed by atoms with E-state index in [0.29, 0.717) is 6.61 Å². The molecule has 0 aromatic carbocycles. The van der Waals surface area contributed by atoms with Crippen LogP contribution < -0.4 is 5.73 Å². The van der Waals surface area contributed by atoms with Gasteiger partial charge in [-0.15, -0.1) is 10.2 Å².